The van der Waals surface area contributed by atoms with Crippen LogP contribution in [0.1, 0.15) is 11.6 Å². The summed E-state index contributed by atoms with van der Waals surface area (Å²) in [6.07, 6.45) is 2.14. The molecule has 0 amide bonds. The van der Waals surface area contributed by atoms with Crippen molar-refractivity contribution in [1.82, 2.24) is 5.32 Å². The second-order valence-electron chi connectivity index (χ2n) is 2.35. The molecule has 0 aliphatic heterocycles. The summed E-state index contributed by atoms with van der Waals surface area (Å²) in [6, 6.07) is 2.71. The molecule has 11 heavy (non-hydrogen) atoms. The minimum absolute atomic E-state index is 0.524. The molecule has 1 atom stereocenters. The van der Waals surface area contributed by atoms with E-state index in [4.69, 9.17) is 0 Å². The number of rotatable bonds is 4. The number of hydrogen-bond donors (Lipinski definition) is 1. The summed E-state index contributed by atoms with van der Waals surface area (Å²) in [4.78, 5) is 0. The van der Waals surface area contributed by atoms with Crippen LogP contribution < -0.4 is 5.32 Å². The monoisotopic (exact) mass is 187 g/mol. The van der Waals surface area contributed by atoms with Crippen molar-refractivity contribution in [2.75, 3.05) is 19.1 Å². The van der Waals surface area contributed by atoms with E-state index in [0.29, 0.717) is 6.04 Å². The van der Waals surface area contributed by atoms with Gasteiger partial charge in [0.1, 0.15) is 0 Å². The standard InChI is InChI=1S/C8H13NS2/c1-9-8(6-10-2)7-3-4-11-5-7/h3-5,8-9H,6H2,1-2H3. The zero-order valence-corrected chi connectivity index (χ0v) is 8.47. The highest BCUT2D eigenvalue weighted by molar-refractivity contribution is 7.98. The van der Waals surface area contributed by atoms with Gasteiger partial charge < -0.3 is 5.32 Å². The number of nitrogens with one attached hydrogen (secondary N) is 1. The third-order valence-electron chi connectivity index (χ3n) is 1.63. The summed E-state index contributed by atoms with van der Waals surface area (Å²) >= 11 is 3.63. The Morgan fingerprint density at radius 2 is 2.55 bits per heavy atom. The van der Waals surface area contributed by atoms with Crippen molar-refractivity contribution in [3.63, 3.8) is 0 Å². The maximum Gasteiger partial charge on any atom is 0.0417 e. The second kappa shape index (κ2) is 4.80. The van der Waals surface area contributed by atoms with E-state index in [1.807, 2.05) is 18.8 Å². The van der Waals surface area contributed by atoms with Crippen molar-refractivity contribution in [2.24, 2.45) is 0 Å². The Morgan fingerprint density at radius 1 is 1.73 bits per heavy atom. The summed E-state index contributed by atoms with van der Waals surface area (Å²) < 4.78 is 0. The van der Waals surface area contributed by atoms with Gasteiger partial charge in [0, 0.05) is 11.8 Å². The lowest BCUT2D eigenvalue weighted by Crippen LogP contribution is -2.17. The molecule has 0 saturated heterocycles. The van der Waals surface area contributed by atoms with Crippen LogP contribution in [0.5, 0.6) is 0 Å². The number of thiophene rings is 1. The van der Waals surface area contributed by atoms with Crippen molar-refractivity contribution in [1.29, 1.82) is 0 Å². The smallest absolute Gasteiger partial charge is 0.0417 e. The van der Waals surface area contributed by atoms with E-state index in [1.165, 1.54) is 5.56 Å². The minimum Gasteiger partial charge on any atom is -0.312 e. The SMILES string of the molecule is CNC(CSC)c1ccsc1. The molecule has 0 saturated carbocycles. The first-order valence-corrected chi connectivity index (χ1v) is 5.90. The maximum absolute atomic E-state index is 3.29. The quantitative estimate of drug-likeness (QED) is 0.776. The van der Waals surface area contributed by atoms with E-state index in [9.17, 15) is 0 Å². The normalized spacial score (nSPS) is 13.3. The molecule has 1 aromatic rings. The average Bonchev–Trinajstić information content (AvgIpc) is 2.52. The van der Waals surface area contributed by atoms with Crippen LogP contribution in [0.15, 0.2) is 16.8 Å². The zero-order valence-electron chi connectivity index (χ0n) is 6.83. The van der Waals surface area contributed by atoms with Crippen LogP contribution in [0.25, 0.3) is 0 Å². The molecule has 3 heteroatoms. The van der Waals surface area contributed by atoms with Gasteiger partial charge in [-0.25, -0.2) is 0 Å². The first-order valence-electron chi connectivity index (χ1n) is 3.56. The van der Waals surface area contributed by atoms with Gasteiger partial charge in [-0.15, -0.1) is 0 Å². The highest BCUT2D eigenvalue weighted by atomic mass is 32.2. The fraction of sp³-hybridized carbons (Fsp3) is 0.500. The molecule has 0 spiro atoms. The van der Waals surface area contributed by atoms with E-state index in [2.05, 4.69) is 28.4 Å². The second-order valence-corrected chi connectivity index (χ2v) is 4.04. The first-order chi connectivity index (χ1) is 5.38. The van der Waals surface area contributed by atoms with Crippen LogP contribution in [0.3, 0.4) is 0 Å². The van der Waals surface area contributed by atoms with Crippen LogP contribution in [0.4, 0.5) is 0 Å². The van der Waals surface area contributed by atoms with Crippen LogP contribution in [-0.2, 0) is 0 Å². The number of hydrogen-bond acceptors (Lipinski definition) is 3. The third kappa shape index (κ3) is 2.51. The van der Waals surface area contributed by atoms with Crippen molar-refractivity contribution in [2.45, 2.75) is 6.04 Å². The zero-order chi connectivity index (χ0) is 8.10. The van der Waals surface area contributed by atoms with Gasteiger partial charge in [-0.05, 0) is 35.7 Å². The Hall–Kier alpha value is 0.01000. The minimum atomic E-state index is 0.524. The fourth-order valence-electron chi connectivity index (χ4n) is 0.986. The molecular weight excluding hydrogens is 174 g/mol. The van der Waals surface area contributed by atoms with Crippen molar-refractivity contribution >= 4 is 23.1 Å². The van der Waals surface area contributed by atoms with Crippen LogP contribution in [0.2, 0.25) is 0 Å². The molecule has 1 nitrogen and oxygen atoms in total. The van der Waals surface area contributed by atoms with Crippen LogP contribution in [-0.4, -0.2) is 19.1 Å². The highest BCUT2D eigenvalue weighted by Gasteiger charge is 2.06. The molecule has 0 radical (unpaired) electrons. The molecule has 1 unspecified atom stereocenters. The summed E-state index contributed by atoms with van der Waals surface area (Å²) in [5, 5.41) is 7.62. The third-order valence-corrected chi connectivity index (χ3v) is 3.00. The lowest BCUT2D eigenvalue weighted by Gasteiger charge is -2.12. The molecule has 1 N–H and O–H groups in total. The molecule has 0 aliphatic carbocycles. The van der Waals surface area contributed by atoms with Gasteiger partial charge in [0.15, 0.2) is 0 Å². The molecule has 1 rings (SSSR count). The van der Waals surface area contributed by atoms with Gasteiger partial charge in [0.05, 0.1) is 0 Å². The van der Waals surface area contributed by atoms with Gasteiger partial charge >= 0.3 is 0 Å². The van der Waals surface area contributed by atoms with Crippen LogP contribution in [0, 0.1) is 0 Å². The summed E-state index contributed by atoms with van der Waals surface area (Å²) in [7, 11) is 2.01. The Morgan fingerprint density at radius 3 is 3.00 bits per heavy atom. The summed E-state index contributed by atoms with van der Waals surface area (Å²) in [5.74, 6) is 1.15. The predicted octanol–water partition coefficient (Wildman–Crippen LogP) is 2.37. The molecule has 0 bridgehead atoms. The van der Waals surface area contributed by atoms with E-state index >= 15 is 0 Å². The fourth-order valence-corrected chi connectivity index (χ4v) is 2.39. The van der Waals surface area contributed by atoms with Crippen molar-refractivity contribution in [3.05, 3.63) is 22.4 Å². The topological polar surface area (TPSA) is 12.0 Å². The molecule has 1 heterocycles. The Kier molecular flexibility index (Phi) is 3.97. The van der Waals surface area contributed by atoms with Crippen molar-refractivity contribution < 1.29 is 0 Å². The van der Waals surface area contributed by atoms with E-state index in [-0.39, 0.29) is 0 Å². The highest BCUT2D eigenvalue weighted by Crippen LogP contribution is 2.18. The van der Waals surface area contributed by atoms with E-state index in [1.54, 1.807) is 11.3 Å². The Bertz CT molecular complexity index is 184. The summed E-state index contributed by atoms with van der Waals surface area (Å²) in [6.45, 7) is 0. The van der Waals surface area contributed by atoms with Crippen molar-refractivity contribution in [3.8, 4) is 0 Å². The van der Waals surface area contributed by atoms with Gasteiger partial charge in [-0.1, -0.05) is 0 Å². The molecule has 1 aromatic heterocycles. The van der Waals surface area contributed by atoms with Gasteiger partial charge in [0.2, 0.25) is 0 Å². The predicted molar refractivity (Wildman–Crippen MR) is 54.5 cm³/mol. The Balaban J connectivity index is 2.56. The molecule has 0 aliphatic rings. The van der Waals surface area contributed by atoms with Crippen LogP contribution >= 0.6 is 23.1 Å². The molecule has 0 fully saturated rings. The van der Waals surface area contributed by atoms with E-state index in [0.717, 1.165) is 5.75 Å². The largest absolute Gasteiger partial charge is 0.312 e. The first kappa shape index (κ1) is 9.10. The number of thioether (sulfide) groups is 1. The molecular formula is C8H13NS2. The van der Waals surface area contributed by atoms with E-state index < -0.39 is 0 Å². The average molecular weight is 187 g/mol. The maximum atomic E-state index is 3.29. The molecule has 62 valence electrons. The van der Waals surface area contributed by atoms with Gasteiger partial charge in [-0.2, -0.15) is 23.1 Å². The lowest BCUT2D eigenvalue weighted by atomic mass is 10.2. The lowest BCUT2D eigenvalue weighted by molar-refractivity contribution is 0.665. The molecule has 0 aromatic carbocycles. The van der Waals surface area contributed by atoms with Gasteiger partial charge in [0.25, 0.3) is 0 Å². The van der Waals surface area contributed by atoms with Gasteiger partial charge in [-0.3, -0.25) is 0 Å². The Labute approximate surface area is 76.2 Å². The summed E-state index contributed by atoms with van der Waals surface area (Å²) in [5.41, 5.74) is 1.41.